The Hall–Kier alpha value is -3.91. The van der Waals surface area contributed by atoms with E-state index >= 15 is 0 Å². The standard InChI is InChI=1S/C22H17N3O2/c23-14-20-8-4-5-9-21(20)27-16-22(26)25-24-15-17-10-12-19(13-11-17)18-6-2-1-3-7-18/h1-13,15H,16H2,(H,25,26)/b24-15+. The van der Waals surface area contributed by atoms with Gasteiger partial charge in [-0.3, -0.25) is 4.79 Å². The van der Waals surface area contributed by atoms with Crippen molar-refractivity contribution >= 4 is 12.1 Å². The van der Waals surface area contributed by atoms with Crippen molar-refractivity contribution in [3.63, 3.8) is 0 Å². The number of nitrogens with zero attached hydrogens (tertiary/aromatic N) is 2. The van der Waals surface area contributed by atoms with E-state index in [-0.39, 0.29) is 6.61 Å². The normalized spacial score (nSPS) is 10.3. The molecule has 27 heavy (non-hydrogen) atoms. The number of nitrogens with one attached hydrogen (secondary N) is 1. The lowest BCUT2D eigenvalue weighted by molar-refractivity contribution is -0.123. The third-order valence-corrected chi connectivity index (χ3v) is 3.79. The fourth-order valence-corrected chi connectivity index (χ4v) is 2.43. The van der Waals surface area contributed by atoms with Gasteiger partial charge in [0.2, 0.25) is 0 Å². The van der Waals surface area contributed by atoms with E-state index in [1.807, 2.05) is 60.7 Å². The van der Waals surface area contributed by atoms with Gasteiger partial charge in [-0.2, -0.15) is 10.4 Å². The highest BCUT2D eigenvalue weighted by molar-refractivity contribution is 5.83. The van der Waals surface area contributed by atoms with Gasteiger partial charge in [0.1, 0.15) is 11.8 Å². The van der Waals surface area contributed by atoms with Gasteiger partial charge in [-0.15, -0.1) is 0 Å². The number of benzene rings is 3. The topological polar surface area (TPSA) is 74.5 Å². The minimum atomic E-state index is -0.403. The Morgan fingerprint density at radius 2 is 1.63 bits per heavy atom. The van der Waals surface area contributed by atoms with Crippen molar-refractivity contribution in [2.75, 3.05) is 6.61 Å². The molecule has 0 heterocycles. The lowest BCUT2D eigenvalue weighted by atomic mass is 10.0. The highest BCUT2D eigenvalue weighted by Gasteiger charge is 2.05. The summed E-state index contributed by atoms with van der Waals surface area (Å²) < 4.78 is 5.35. The molecule has 3 aromatic rings. The van der Waals surface area contributed by atoms with E-state index in [2.05, 4.69) is 10.5 Å². The van der Waals surface area contributed by atoms with Crippen molar-refractivity contribution in [3.8, 4) is 22.9 Å². The highest BCUT2D eigenvalue weighted by atomic mass is 16.5. The molecule has 0 atom stereocenters. The van der Waals surface area contributed by atoms with E-state index in [0.29, 0.717) is 11.3 Å². The van der Waals surface area contributed by atoms with Crippen LogP contribution in [0.1, 0.15) is 11.1 Å². The van der Waals surface area contributed by atoms with Gasteiger partial charge in [0, 0.05) is 0 Å². The zero-order valence-electron chi connectivity index (χ0n) is 14.5. The molecule has 0 saturated heterocycles. The summed E-state index contributed by atoms with van der Waals surface area (Å²) in [6.45, 7) is -0.219. The Morgan fingerprint density at radius 3 is 2.37 bits per heavy atom. The van der Waals surface area contributed by atoms with Crippen LogP contribution in [0.2, 0.25) is 0 Å². The maximum Gasteiger partial charge on any atom is 0.277 e. The summed E-state index contributed by atoms with van der Waals surface area (Å²) in [5.41, 5.74) is 5.91. The summed E-state index contributed by atoms with van der Waals surface area (Å²) in [5.74, 6) is -0.0319. The summed E-state index contributed by atoms with van der Waals surface area (Å²) in [6, 6.07) is 26.7. The van der Waals surface area contributed by atoms with Crippen LogP contribution >= 0.6 is 0 Å². The van der Waals surface area contributed by atoms with E-state index in [0.717, 1.165) is 16.7 Å². The molecule has 0 spiro atoms. The maximum atomic E-state index is 11.8. The Kier molecular flexibility index (Phi) is 5.95. The van der Waals surface area contributed by atoms with Crippen molar-refractivity contribution in [1.82, 2.24) is 5.43 Å². The maximum absolute atomic E-state index is 11.8. The van der Waals surface area contributed by atoms with Crippen LogP contribution in [-0.4, -0.2) is 18.7 Å². The lowest BCUT2D eigenvalue weighted by Crippen LogP contribution is -2.24. The molecule has 0 aliphatic carbocycles. The number of hydrazone groups is 1. The average molecular weight is 355 g/mol. The molecule has 1 N–H and O–H groups in total. The van der Waals surface area contributed by atoms with Gasteiger partial charge in [0.05, 0.1) is 11.8 Å². The molecular formula is C22H17N3O2. The first-order valence-corrected chi connectivity index (χ1v) is 8.35. The number of carbonyl (C=O) groups is 1. The lowest BCUT2D eigenvalue weighted by Gasteiger charge is -2.06. The molecule has 0 radical (unpaired) electrons. The first kappa shape index (κ1) is 17.9. The molecule has 5 heteroatoms. The van der Waals surface area contributed by atoms with Crippen LogP contribution in [-0.2, 0) is 4.79 Å². The molecule has 1 amide bonds. The second-order valence-electron chi connectivity index (χ2n) is 5.68. The van der Waals surface area contributed by atoms with Gasteiger partial charge in [-0.05, 0) is 28.8 Å². The van der Waals surface area contributed by atoms with E-state index in [1.54, 1.807) is 30.5 Å². The van der Waals surface area contributed by atoms with E-state index < -0.39 is 5.91 Å². The number of ether oxygens (including phenoxy) is 1. The van der Waals surface area contributed by atoms with Crippen molar-refractivity contribution in [2.45, 2.75) is 0 Å². The first-order valence-electron chi connectivity index (χ1n) is 8.35. The molecule has 0 unspecified atom stereocenters. The second-order valence-corrected chi connectivity index (χ2v) is 5.68. The fourth-order valence-electron chi connectivity index (χ4n) is 2.43. The molecule has 0 fully saturated rings. The quantitative estimate of drug-likeness (QED) is 0.540. The fraction of sp³-hybridized carbons (Fsp3) is 0.0455. The molecule has 0 aliphatic rings. The van der Waals surface area contributed by atoms with Crippen molar-refractivity contribution in [2.24, 2.45) is 5.10 Å². The summed E-state index contributed by atoms with van der Waals surface area (Å²) in [6.07, 6.45) is 1.57. The summed E-state index contributed by atoms with van der Waals surface area (Å²) in [7, 11) is 0. The minimum Gasteiger partial charge on any atom is -0.482 e. The van der Waals surface area contributed by atoms with Gasteiger partial charge in [0.15, 0.2) is 6.61 Å². The van der Waals surface area contributed by atoms with Crippen LogP contribution in [0.3, 0.4) is 0 Å². The smallest absolute Gasteiger partial charge is 0.277 e. The summed E-state index contributed by atoms with van der Waals surface area (Å²) >= 11 is 0. The summed E-state index contributed by atoms with van der Waals surface area (Å²) in [5, 5.41) is 12.9. The van der Waals surface area contributed by atoms with E-state index in [1.165, 1.54) is 0 Å². The predicted octanol–water partition coefficient (Wildman–Crippen LogP) is 3.75. The van der Waals surface area contributed by atoms with Crippen LogP contribution in [0.4, 0.5) is 0 Å². The molecule has 3 rings (SSSR count). The van der Waals surface area contributed by atoms with E-state index in [4.69, 9.17) is 10.00 Å². The number of nitriles is 1. The van der Waals surface area contributed by atoms with Crippen LogP contribution in [0.25, 0.3) is 11.1 Å². The molecule has 3 aromatic carbocycles. The number of hydrogen-bond acceptors (Lipinski definition) is 4. The molecule has 0 aromatic heterocycles. The van der Waals surface area contributed by atoms with Gasteiger partial charge in [-0.1, -0.05) is 66.7 Å². The van der Waals surface area contributed by atoms with Crippen LogP contribution < -0.4 is 10.2 Å². The minimum absolute atomic E-state index is 0.219. The third kappa shape index (κ3) is 5.03. The van der Waals surface area contributed by atoms with Crippen molar-refractivity contribution in [3.05, 3.63) is 90.0 Å². The number of rotatable bonds is 6. The SMILES string of the molecule is N#Cc1ccccc1OCC(=O)N/N=C/c1ccc(-c2ccccc2)cc1. The van der Waals surface area contributed by atoms with Gasteiger partial charge >= 0.3 is 0 Å². The number of para-hydroxylation sites is 1. The van der Waals surface area contributed by atoms with Gasteiger partial charge < -0.3 is 4.74 Å². The van der Waals surface area contributed by atoms with Crippen LogP contribution in [0, 0.1) is 11.3 Å². The summed E-state index contributed by atoms with van der Waals surface area (Å²) in [4.78, 5) is 11.8. The Labute approximate surface area is 157 Å². The highest BCUT2D eigenvalue weighted by Crippen LogP contribution is 2.18. The van der Waals surface area contributed by atoms with Gasteiger partial charge in [0.25, 0.3) is 5.91 Å². The average Bonchev–Trinajstić information content (AvgIpc) is 2.73. The third-order valence-electron chi connectivity index (χ3n) is 3.79. The Balaban J connectivity index is 1.51. The monoisotopic (exact) mass is 355 g/mol. The van der Waals surface area contributed by atoms with Crippen molar-refractivity contribution in [1.29, 1.82) is 5.26 Å². The second kappa shape index (κ2) is 8.97. The molecule has 0 saturated carbocycles. The molecular weight excluding hydrogens is 338 g/mol. The largest absolute Gasteiger partial charge is 0.482 e. The predicted molar refractivity (Wildman–Crippen MR) is 104 cm³/mol. The van der Waals surface area contributed by atoms with Crippen LogP contribution in [0.5, 0.6) is 5.75 Å². The Bertz CT molecular complexity index is 974. The first-order chi connectivity index (χ1) is 13.3. The number of carbonyl (C=O) groups excluding carboxylic acids is 1. The molecule has 5 nitrogen and oxygen atoms in total. The molecule has 132 valence electrons. The van der Waals surface area contributed by atoms with E-state index in [9.17, 15) is 4.79 Å². The molecule has 0 bridgehead atoms. The Morgan fingerprint density at radius 1 is 0.963 bits per heavy atom. The number of amides is 1. The zero-order chi connectivity index (χ0) is 18.9. The molecule has 0 aliphatic heterocycles. The van der Waals surface area contributed by atoms with Crippen LogP contribution in [0.15, 0.2) is 84.0 Å². The van der Waals surface area contributed by atoms with Gasteiger partial charge in [-0.25, -0.2) is 5.43 Å². The zero-order valence-corrected chi connectivity index (χ0v) is 14.5. The number of hydrogen-bond donors (Lipinski definition) is 1. The van der Waals surface area contributed by atoms with Crippen molar-refractivity contribution < 1.29 is 9.53 Å².